The Labute approximate surface area is 123 Å². The van der Waals surface area contributed by atoms with Crippen molar-refractivity contribution in [1.82, 2.24) is 4.90 Å². The third-order valence-corrected chi connectivity index (χ3v) is 4.68. The number of halogens is 1. The quantitative estimate of drug-likeness (QED) is 0.875. The summed E-state index contributed by atoms with van der Waals surface area (Å²) in [5.74, 6) is 3.13. The third-order valence-electron chi connectivity index (χ3n) is 3.28. The van der Waals surface area contributed by atoms with Gasteiger partial charge in [0, 0.05) is 23.4 Å². The van der Waals surface area contributed by atoms with Crippen LogP contribution in [-0.2, 0) is 0 Å². The molecule has 1 aromatic carbocycles. The molecule has 1 fully saturated rings. The molecule has 5 heteroatoms. The van der Waals surface area contributed by atoms with Gasteiger partial charge in [0.25, 0.3) is 0 Å². The predicted molar refractivity (Wildman–Crippen MR) is 81.3 cm³/mol. The molecule has 1 saturated heterocycles. The zero-order chi connectivity index (χ0) is 13.7. The second kappa shape index (κ2) is 7.39. The van der Waals surface area contributed by atoms with Crippen molar-refractivity contribution in [2.75, 3.05) is 31.7 Å². The largest absolute Gasteiger partial charge is 0.491 e. The lowest BCUT2D eigenvalue weighted by molar-refractivity contribution is 0.0664. The average molecular weight is 302 g/mol. The van der Waals surface area contributed by atoms with Crippen LogP contribution >= 0.6 is 23.4 Å². The molecular weight excluding hydrogens is 282 g/mol. The van der Waals surface area contributed by atoms with Crippen LogP contribution in [0.3, 0.4) is 0 Å². The molecule has 1 aliphatic rings. The van der Waals surface area contributed by atoms with Crippen molar-refractivity contribution < 1.29 is 9.84 Å². The van der Waals surface area contributed by atoms with E-state index in [0.29, 0.717) is 24.2 Å². The van der Waals surface area contributed by atoms with E-state index in [1.807, 2.05) is 23.9 Å². The first kappa shape index (κ1) is 15.0. The van der Waals surface area contributed by atoms with Gasteiger partial charge in [-0.2, -0.15) is 11.8 Å². The van der Waals surface area contributed by atoms with Crippen molar-refractivity contribution in [2.45, 2.75) is 18.6 Å². The van der Waals surface area contributed by atoms with E-state index in [1.165, 1.54) is 17.9 Å². The second-order valence-corrected chi connectivity index (χ2v) is 6.46. The van der Waals surface area contributed by atoms with Crippen molar-refractivity contribution in [1.29, 1.82) is 0 Å². The van der Waals surface area contributed by atoms with E-state index in [0.717, 1.165) is 5.75 Å². The normalized spacial score (nSPS) is 20.7. The van der Waals surface area contributed by atoms with Crippen LogP contribution in [0.1, 0.15) is 6.42 Å². The molecule has 0 bridgehead atoms. The van der Waals surface area contributed by atoms with Gasteiger partial charge in [-0.15, -0.1) is 0 Å². The van der Waals surface area contributed by atoms with Gasteiger partial charge >= 0.3 is 0 Å². The fraction of sp³-hybridized carbons (Fsp3) is 0.571. The van der Waals surface area contributed by atoms with Gasteiger partial charge in [0.05, 0.1) is 0 Å². The number of nitrogens with zero attached hydrogens (tertiary/aromatic N) is 1. The van der Waals surface area contributed by atoms with E-state index in [-0.39, 0.29) is 0 Å². The van der Waals surface area contributed by atoms with Crippen molar-refractivity contribution in [2.24, 2.45) is 0 Å². The van der Waals surface area contributed by atoms with Crippen molar-refractivity contribution >= 4 is 23.4 Å². The van der Waals surface area contributed by atoms with E-state index in [1.54, 1.807) is 12.1 Å². The van der Waals surface area contributed by atoms with Crippen LogP contribution in [0.15, 0.2) is 24.3 Å². The maximum Gasteiger partial charge on any atom is 0.119 e. The lowest BCUT2D eigenvalue weighted by Gasteiger charge is -2.26. The molecule has 0 amide bonds. The molecule has 1 aliphatic heterocycles. The van der Waals surface area contributed by atoms with Gasteiger partial charge in [0.2, 0.25) is 0 Å². The van der Waals surface area contributed by atoms with E-state index in [2.05, 4.69) is 11.9 Å². The van der Waals surface area contributed by atoms with Crippen LogP contribution in [0.2, 0.25) is 5.02 Å². The fourth-order valence-corrected chi connectivity index (χ4v) is 3.55. The topological polar surface area (TPSA) is 32.7 Å². The highest BCUT2D eigenvalue weighted by Gasteiger charge is 2.21. The summed E-state index contributed by atoms with van der Waals surface area (Å²) in [6, 6.07) is 7.78. The minimum absolute atomic E-state index is 0.311. The van der Waals surface area contributed by atoms with E-state index in [9.17, 15) is 5.11 Å². The zero-order valence-corrected chi connectivity index (χ0v) is 12.7. The predicted octanol–water partition coefficient (Wildman–Crippen LogP) is 2.52. The molecule has 2 rings (SSSR count). The monoisotopic (exact) mass is 301 g/mol. The molecule has 2 unspecified atom stereocenters. The lowest BCUT2D eigenvalue weighted by atomic mass is 10.2. The molecule has 0 aromatic heterocycles. The summed E-state index contributed by atoms with van der Waals surface area (Å²) in [4.78, 5) is 2.23. The molecule has 1 N–H and O–H groups in total. The summed E-state index contributed by atoms with van der Waals surface area (Å²) in [7, 11) is 2.07. The molecular formula is C14H20ClNO2S. The number of aliphatic hydroxyl groups excluding tert-OH is 1. The first-order valence-corrected chi connectivity index (χ1v) is 8.03. The molecule has 0 radical (unpaired) electrons. The first-order valence-electron chi connectivity index (χ1n) is 6.49. The molecule has 0 aliphatic carbocycles. The van der Waals surface area contributed by atoms with E-state index in [4.69, 9.17) is 16.3 Å². The first-order chi connectivity index (χ1) is 9.15. The Morgan fingerprint density at radius 3 is 2.84 bits per heavy atom. The maximum atomic E-state index is 10.00. The molecule has 0 saturated carbocycles. The average Bonchev–Trinajstić information content (AvgIpc) is 2.92. The Balaban J connectivity index is 1.71. The third kappa shape index (κ3) is 4.88. The van der Waals surface area contributed by atoms with Crippen molar-refractivity contribution in [3.05, 3.63) is 29.3 Å². The summed E-state index contributed by atoms with van der Waals surface area (Å²) < 4.78 is 5.55. The highest BCUT2D eigenvalue weighted by atomic mass is 35.5. The molecule has 19 heavy (non-hydrogen) atoms. The SMILES string of the molecule is CN(CC(O)COc1ccc(Cl)cc1)C1CCSC1. The highest BCUT2D eigenvalue weighted by molar-refractivity contribution is 7.99. The summed E-state index contributed by atoms with van der Waals surface area (Å²) >= 11 is 7.78. The van der Waals surface area contributed by atoms with E-state index < -0.39 is 6.10 Å². The molecule has 3 nitrogen and oxygen atoms in total. The molecule has 0 spiro atoms. The highest BCUT2D eigenvalue weighted by Crippen LogP contribution is 2.21. The Morgan fingerprint density at radius 1 is 1.47 bits per heavy atom. The second-order valence-electron chi connectivity index (χ2n) is 4.88. The number of hydrogen-bond donors (Lipinski definition) is 1. The molecule has 1 aromatic rings. The number of aliphatic hydroxyl groups is 1. The maximum absolute atomic E-state index is 10.00. The zero-order valence-electron chi connectivity index (χ0n) is 11.1. The van der Waals surface area contributed by atoms with Crippen LogP contribution in [0.5, 0.6) is 5.75 Å². The van der Waals surface area contributed by atoms with Gasteiger partial charge in [-0.05, 0) is 43.5 Å². The van der Waals surface area contributed by atoms with Gasteiger partial charge in [0.1, 0.15) is 18.5 Å². The Kier molecular flexibility index (Phi) is 5.82. The molecule has 2 atom stereocenters. The fourth-order valence-electron chi connectivity index (χ4n) is 2.13. The number of benzene rings is 1. The standard InChI is InChI=1S/C14H20ClNO2S/c1-16(12-6-7-19-10-12)8-13(17)9-18-14-4-2-11(15)3-5-14/h2-5,12-13,17H,6-10H2,1H3. The van der Waals surface area contributed by atoms with Crippen molar-refractivity contribution in [3.8, 4) is 5.75 Å². The van der Waals surface area contributed by atoms with Crippen LogP contribution in [0.25, 0.3) is 0 Å². The number of likely N-dealkylation sites (N-methyl/N-ethyl adjacent to an activating group) is 1. The minimum Gasteiger partial charge on any atom is -0.491 e. The van der Waals surface area contributed by atoms with Crippen LogP contribution in [-0.4, -0.2) is 53.9 Å². The van der Waals surface area contributed by atoms with Crippen LogP contribution in [0, 0.1) is 0 Å². The molecule has 1 heterocycles. The van der Waals surface area contributed by atoms with Crippen LogP contribution in [0.4, 0.5) is 0 Å². The van der Waals surface area contributed by atoms with Gasteiger partial charge in [0.15, 0.2) is 0 Å². The number of ether oxygens (including phenoxy) is 1. The number of rotatable bonds is 6. The van der Waals surface area contributed by atoms with Gasteiger partial charge in [-0.1, -0.05) is 11.6 Å². The van der Waals surface area contributed by atoms with E-state index >= 15 is 0 Å². The minimum atomic E-state index is -0.466. The number of hydrogen-bond acceptors (Lipinski definition) is 4. The number of thioether (sulfide) groups is 1. The smallest absolute Gasteiger partial charge is 0.119 e. The van der Waals surface area contributed by atoms with Crippen molar-refractivity contribution in [3.63, 3.8) is 0 Å². The lowest BCUT2D eigenvalue weighted by Crippen LogP contribution is -2.39. The summed E-state index contributed by atoms with van der Waals surface area (Å²) in [5.41, 5.74) is 0. The van der Waals surface area contributed by atoms with Gasteiger partial charge in [-0.25, -0.2) is 0 Å². The summed E-state index contributed by atoms with van der Waals surface area (Å²) in [5, 5.41) is 10.7. The Morgan fingerprint density at radius 2 is 2.21 bits per heavy atom. The Hall–Kier alpha value is -0.420. The Bertz CT molecular complexity index is 382. The van der Waals surface area contributed by atoms with Crippen LogP contribution < -0.4 is 4.74 Å². The molecule has 106 valence electrons. The summed E-state index contributed by atoms with van der Waals surface area (Å²) in [6.07, 6.45) is 0.748. The van der Waals surface area contributed by atoms with Gasteiger partial charge < -0.3 is 9.84 Å². The van der Waals surface area contributed by atoms with Gasteiger partial charge in [-0.3, -0.25) is 4.90 Å². The summed E-state index contributed by atoms with van der Waals surface area (Å²) in [6.45, 7) is 0.963.